The van der Waals surface area contributed by atoms with E-state index in [2.05, 4.69) is 5.32 Å². The van der Waals surface area contributed by atoms with E-state index < -0.39 is 0 Å². The molecule has 0 unspecified atom stereocenters. The predicted molar refractivity (Wildman–Crippen MR) is 87.8 cm³/mol. The molecule has 0 amide bonds. The Balaban J connectivity index is 1.95. The van der Waals surface area contributed by atoms with Gasteiger partial charge < -0.3 is 19.9 Å². The Morgan fingerprint density at radius 3 is 2.41 bits per heavy atom. The molecule has 0 fully saturated rings. The lowest BCUT2D eigenvalue weighted by atomic mass is 10.1. The summed E-state index contributed by atoms with van der Waals surface area (Å²) in [5, 5.41) is 13.1. The summed E-state index contributed by atoms with van der Waals surface area (Å²) in [5.74, 6) is 2.07. The van der Waals surface area contributed by atoms with E-state index in [4.69, 9.17) is 9.47 Å². The number of ether oxygens (including phenoxy) is 2. The van der Waals surface area contributed by atoms with E-state index in [0.29, 0.717) is 12.3 Å². The fourth-order valence-corrected chi connectivity index (χ4v) is 2.42. The molecule has 2 aromatic rings. The van der Waals surface area contributed by atoms with Gasteiger partial charge in [-0.15, -0.1) is 0 Å². The van der Waals surface area contributed by atoms with Crippen molar-refractivity contribution in [3.63, 3.8) is 0 Å². The van der Waals surface area contributed by atoms with Crippen LogP contribution in [0.4, 0.5) is 0 Å². The predicted octanol–water partition coefficient (Wildman–Crippen LogP) is 3.05. The fraction of sp³-hybridized carbons (Fsp3) is 0.333. The van der Waals surface area contributed by atoms with Crippen molar-refractivity contribution < 1.29 is 14.6 Å². The number of benzene rings is 2. The number of phenolic OH excluding ortho intramolecular Hbond substituents is 1. The largest absolute Gasteiger partial charge is 0.508 e. The van der Waals surface area contributed by atoms with Gasteiger partial charge in [0.25, 0.3) is 0 Å². The van der Waals surface area contributed by atoms with E-state index in [0.717, 1.165) is 41.2 Å². The highest BCUT2D eigenvalue weighted by Crippen LogP contribution is 2.28. The topological polar surface area (TPSA) is 50.7 Å². The third-order valence-corrected chi connectivity index (χ3v) is 3.68. The number of nitrogens with one attached hydrogen (secondary N) is 1. The average molecular weight is 301 g/mol. The molecule has 2 N–H and O–H groups in total. The zero-order chi connectivity index (χ0) is 15.9. The van der Waals surface area contributed by atoms with E-state index in [1.807, 2.05) is 37.3 Å². The van der Waals surface area contributed by atoms with Crippen molar-refractivity contribution in [2.75, 3.05) is 20.8 Å². The smallest absolute Gasteiger partial charge is 0.122 e. The SMILES string of the molecule is COc1cc(CCNCc2ccccc2O)c(OC)cc1C. The van der Waals surface area contributed by atoms with Crippen LogP contribution in [-0.4, -0.2) is 25.9 Å². The van der Waals surface area contributed by atoms with E-state index in [1.54, 1.807) is 20.3 Å². The van der Waals surface area contributed by atoms with Crippen LogP contribution in [0.1, 0.15) is 16.7 Å². The standard InChI is InChI=1S/C18H23NO3/c1-13-10-18(22-3)14(11-17(13)21-2)8-9-19-12-15-6-4-5-7-16(15)20/h4-7,10-11,19-20H,8-9,12H2,1-3H3. The van der Waals surface area contributed by atoms with E-state index >= 15 is 0 Å². The van der Waals surface area contributed by atoms with Crippen LogP contribution in [0.3, 0.4) is 0 Å². The second kappa shape index (κ2) is 7.71. The molecule has 0 aliphatic heterocycles. The van der Waals surface area contributed by atoms with Crippen molar-refractivity contribution in [1.82, 2.24) is 5.32 Å². The third kappa shape index (κ3) is 3.92. The Labute approximate surface area is 131 Å². The first-order valence-electron chi connectivity index (χ1n) is 7.34. The van der Waals surface area contributed by atoms with Gasteiger partial charge in [0.1, 0.15) is 17.2 Å². The number of aryl methyl sites for hydroxylation is 1. The van der Waals surface area contributed by atoms with Crippen LogP contribution in [0.5, 0.6) is 17.2 Å². The third-order valence-electron chi connectivity index (χ3n) is 3.68. The Morgan fingerprint density at radius 2 is 1.73 bits per heavy atom. The average Bonchev–Trinajstić information content (AvgIpc) is 2.53. The number of rotatable bonds is 7. The van der Waals surface area contributed by atoms with Gasteiger partial charge in [-0.05, 0) is 49.2 Å². The fourth-order valence-electron chi connectivity index (χ4n) is 2.42. The minimum atomic E-state index is 0.324. The zero-order valence-electron chi connectivity index (χ0n) is 13.3. The molecule has 0 saturated carbocycles. The van der Waals surface area contributed by atoms with Gasteiger partial charge in [-0.1, -0.05) is 18.2 Å². The molecule has 22 heavy (non-hydrogen) atoms. The number of hydrogen-bond acceptors (Lipinski definition) is 4. The first-order chi connectivity index (χ1) is 10.7. The molecule has 2 rings (SSSR count). The molecule has 0 spiro atoms. The van der Waals surface area contributed by atoms with Crippen LogP contribution in [0.15, 0.2) is 36.4 Å². The Bertz CT molecular complexity index is 626. The molecular formula is C18H23NO3. The summed E-state index contributed by atoms with van der Waals surface area (Å²) in [7, 11) is 3.36. The lowest BCUT2D eigenvalue weighted by Gasteiger charge is -2.13. The molecule has 4 heteroatoms. The number of aromatic hydroxyl groups is 1. The van der Waals surface area contributed by atoms with Crippen LogP contribution < -0.4 is 14.8 Å². The van der Waals surface area contributed by atoms with Gasteiger partial charge in [-0.3, -0.25) is 0 Å². The summed E-state index contributed by atoms with van der Waals surface area (Å²) in [6, 6.07) is 11.4. The van der Waals surface area contributed by atoms with Gasteiger partial charge in [0.05, 0.1) is 14.2 Å². The Hall–Kier alpha value is -2.20. The van der Waals surface area contributed by atoms with Gasteiger partial charge in [-0.25, -0.2) is 0 Å². The molecule has 4 nitrogen and oxygen atoms in total. The monoisotopic (exact) mass is 301 g/mol. The summed E-state index contributed by atoms with van der Waals surface area (Å²) < 4.78 is 10.8. The van der Waals surface area contributed by atoms with Gasteiger partial charge in [0, 0.05) is 12.1 Å². The summed E-state index contributed by atoms with van der Waals surface area (Å²) in [6.45, 7) is 3.43. The zero-order valence-corrected chi connectivity index (χ0v) is 13.3. The van der Waals surface area contributed by atoms with Crippen LogP contribution in [0.25, 0.3) is 0 Å². The first kappa shape index (κ1) is 16.2. The number of hydrogen-bond donors (Lipinski definition) is 2. The maximum absolute atomic E-state index is 9.73. The van der Waals surface area contributed by atoms with Gasteiger partial charge >= 0.3 is 0 Å². The lowest BCUT2D eigenvalue weighted by Crippen LogP contribution is -2.17. The minimum Gasteiger partial charge on any atom is -0.508 e. The molecule has 0 atom stereocenters. The summed E-state index contributed by atoms with van der Waals surface area (Å²) >= 11 is 0. The Kier molecular flexibility index (Phi) is 5.67. The molecule has 0 heterocycles. The molecule has 118 valence electrons. The number of para-hydroxylation sites is 1. The molecule has 0 aliphatic carbocycles. The van der Waals surface area contributed by atoms with Crippen LogP contribution in [-0.2, 0) is 13.0 Å². The Morgan fingerprint density at radius 1 is 1.00 bits per heavy atom. The minimum absolute atomic E-state index is 0.324. The van der Waals surface area contributed by atoms with Crippen molar-refractivity contribution in [3.05, 3.63) is 53.1 Å². The van der Waals surface area contributed by atoms with E-state index in [1.165, 1.54) is 0 Å². The highest BCUT2D eigenvalue weighted by molar-refractivity contribution is 5.46. The molecule has 0 saturated heterocycles. The highest BCUT2D eigenvalue weighted by atomic mass is 16.5. The molecule has 0 radical (unpaired) electrons. The number of phenols is 1. The molecule has 0 aromatic heterocycles. The molecule has 2 aromatic carbocycles. The van der Waals surface area contributed by atoms with Crippen molar-refractivity contribution in [2.45, 2.75) is 19.9 Å². The quantitative estimate of drug-likeness (QED) is 0.772. The lowest BCUT2D eigenvalue weighted by molar-refractivity contribution is 0.396. The highest BCUT2D eigenvalue weighted by Gasteiger charge is 2.08. The number of methoxy groups -OCH3 is 2. The van der Waals surface area contributed by atoms with Crippen LogP contribution in [0.2, 0.25) is 0 Å². The molecule has 0 bridgehead atoms. The van der Waals surface area contributed by atoms with Crippen molar-refractivity contribution in [2.24, 2.45) is 0 Å². The van der Waals surface area contributed by atoms with E-state index in [-0.39, 0.29) is 0 Å². The molecular weight excluding hydrogens is 278 g/mol. The van der Waals surface area contributed by atoms with Crippen molar-refractivity contribution in [3.8, 4) is 17.2 Å². The summed E-state index contributed by atoms with van der Waals surface area (Å²) in [6.07, 6.45) is 0.827. The molecule has 0 aliphatic rings. The van der Waals surface area contributed by atoms with Gasteiger partial charge in [0.2, 0.25) is 0 Å². The van der Waals surface area contributed by atoms with Crippen LogP contribution >= 0.6 is 0 Å². The maximum Gasteiger partial charge on any atom is 0.122 e. The van der Waals surface area contributed by atoms with E-state index in [9.17, 15) is 5.11 Å². The summed E-state index contributed by atoms with van der Waals surface area (Å²) in [4.78, 5) is 0. The normalized spacial score (nSPS) is 10.5. The second-order valence-corrected chi connectivity index (χ2v) is 5.19. The first-order valence-corrected chi connectivity index (χ1v) is 7.34. The second-order valence-electron chi connectivity index (χ2n) is 5.19. The van der Waals surface area contributed by atoms with Gasteiger partial charge in [-0.2, -0.15) is 0 Å². The van der Waals surface area contributed by atoms with Crippen molar-refractivity contribution >= 4 is 0 Å². The summed E-state index contributed by atoms with van der Waals surface area (Å²) in [5.41, 5.74) is 3.07. The van der Waals surface area contributed by atoms with Gasteiger partial charge in [0.15, 0.2) is 0 Å². The van der Waals surface area contributed by atoms with Crippen LogP contribution in [0, 0.1) is 6.92 Å². The maximum atomic E-state index is 9.73. The van der Waals surface area contributed by atoms with Crippen molar-refractivity contribution in [1.29, 1.82) is 0 Å².